The molecule has 3 unspecified atom stereocenters. The van der Waals surface area contributed by atoms with Gasteiger partial charge in [0.2, 0.25) is 5.91 Å². The van der Waals surface area contributed by atoms with Crippen LogP contribution in [0.5, 0.6) is 0 Å². The zero-order chi connectivity index (χ0) is 55.5. The number of aliphatic hydroxyl groups is 1. The number of alkyl halides is 5. The second-order valence-electron chi connectivity index (χ2n) is 20.2. The molecule has 16 nitrogen and oxygen atoms in total. The summed E-state index contributed by atoms with van der Waals surface area (Å²) < 4.78 is 94.2. The number of nitrogens with one attached hydrogen (secondary N) is 4. The van der Waals surface area contributed by atoms with E-state index >= 15 is 4.39 Å². The third-order valence-electron chi connectivity index (χ3n) is 13.4. The van der Waals surface area contributed by atoms with E-state index in [1.807, 2.05) is 4.90 Å². The first-order valence-electron chi connectivity index (χ1n) is 24.3. The maximum atomic E-state index is 16.2. The number of anilines is 1. The van der Waals surface area contributed by atoms with Crippen LogP contribution in [0.15, 0.2) is 79.1 Å². The number of pyridine rings is 2. The minimum absolute atomic E-state index is 0.0969. The topological polar surface area (TPSA) is 191 Å². The molecule has 5 N–H and O–H groups in total. The molecule has 410 valence electrons. The first-order chi connectivity index (χ1) is 35.9. The van der Waals surface area contributed by atoms with Gasteiger partial charge in [-0.25, -0.2) is 24.0 Å². The Labute approximate surface area is 442 Å². The predicted molar refractivity (Wildman–Crippen MR) is 271 cm³/mol. The number of halogens is 7. The highest BCUT2D eigenvalue weighted by atomic mass is 35.5. The molecule has 6 atom stereocenters. The highest BCUT2D eigenvalue weighted by Crippen LogP contribution is 2.35. The normalized spacial score (nSPS) is 17.4. The van der Waals surface area contributed by atoms with Gasteiger partial charge >= 0.3 is 18.4 Å². The van der Waals surface area contributed by atoms with Crippen LogP contribution in [0.4, 0.5) is 41.7 Å². The molecule has 0 radical (unpaired) electrons. The average molecular weight is 1090 g/mol. The summed E-state index contributed by atoms with van der Waals surface area (Å²) in [6.45, 7) is 2.18. The molecule has 0 spiro atoms. The molecule has 6 rings (SSSR count). The van der Waals surface area contributed by atoms with Crippen molar-refractivity contribution in [3.05, 3.63) is 112 Å². The molecule has 2 bridgehead atoms. The lowest BCUT2D eigenvalue weighted by molar-refractivity contribution is -0.153. The number of alkyl carbamates (subject to hydrolysis) is 2. The Morgan fingerprint density at radius 3 is 1.95 bits per heavy atom. The van der Waals surface area contributed by atoms with Crippen molar-refractivity contribution in [2.45, 2.75) is 96.0 Å². The molecule has 4 heterocycles. The number of benzene rings is 2. The van der Waals surface area contributed by atoms with Crippen molar-refractivity contribution in [3.63, 3.8) is 0 Å². The van der Waals surface area contributed by atoms with Crippen LogP contribution in [-0.2, 0) is 32.0 Å². The second kappa shape index (κ2) is 25.4. The van der Waals surface area contributed by atoms with Crippen LogP contribution in [0.3, 0.4) is 0 Å². The van der Waals surface area contributed by atoms with Crippen LogP contribution in [0.25, 0.3) is 11.3 Å². The Morgan fingerprint density at radius 1 is 0.829 bits per heavy atom. The molecule has 2 aliphatic rings. The zero-order valence-electron chi connectivity index (χ0n) is 42.8. The number of rotatable bonds is 20. The van der Waals surface area contributed by atoms with Gasteiger partial charge in [-0.05, 0) is 73.4 Å². The molecule has 0 aliphatic carbocycles. The quantitative estimate of drug-likeness (QED) is 0.0350. The third-order valence-corrected chi connectivity index (χ3v) is 13.8. The number of hydrazine groups is 1. The third kappa shape index (κ3) is 15.5. The number of amides is 4. The predicted octanol–water partition coefficient (Wildman–Crippen LogP) is 6.91. The van der Waals surface area contributed by atoms with Crippen LogP contribution in [0.2, 0.25) is 5.02 Å². The number of fused-ring (bicyclic) bond motifs is 2. The standard InChI is InChI=1S/C53H62ClF6N9O7/c1-51(2,29-55)45(64-49(73)75-5)47(71)63-42(21-33-13-10-32(11-14-33)12-15-34-16-19-44(62-24-34)67-25-36-17-18-37(26-67)69(36)31-53(58,59)60)43(70)28-68(66-48(72)46(52(3,4)30-56)65-50(74)76-6)27-38-39(54)22-35(23-40(38)57)41-9-7-8-20-61-41/h7-11,13-14,16,19-20,22-24,36-37,42-43,45-46,70H,17-18,21,25-31H2,1-6H3,(H,63,71)(H,64,73)(H,65,74)(H,66,72)/t36?,37?,42-,43-,45?,46+/m0/s1. The summed E-state index contributed by atoms with van der Waals surface area (Å²) >= 11 is 6.70. The fraction of sp³-hybridized carbons (Fsp3) is 0.472. The van der Waals surface area contributed by atoms with E-state index in [-0.39, 0.29) is 29.1 Å². The summed E-state index contributed by atoms with van der Waals surface area (Å²) in [7, 11) is 2.11. The van der Waals surface area contributed by atoms with Crippen LogP contribution >= 0.6 is 11.6 Å². The van der Waals surface area contributed by atoms with Gasteiger partial charge in [-0.3, -0.25) is 33.7 Å². The van der Waals surface area contributed by atoms with Crippen molar-refractivity contribution < 1.29 is 60.1 Å². The van der Waals surface area contributed by atoms with Crippen molar-refractivity contribution in [2.75, 3.05) is 58.6 Å². The summed E-state index contributed by atoms with van der Waals surface area (Å²) in [5, 5.41) is 20.6. The lowest BCUT2D eigenvalue weighted by Crippen LogP contribution is -2.61. The smallest absolute Gasteiger partial charge is 0.407 e. The Kier molecular flexibility index (Phi) is 19.6. The highest BCUT2D eigenvalue weighted by molar-refractivity contribution is 6.31. The number of methoxy groups -OCH3 is 2. The zero-order valence-corrected chi connectivity index (χ0v) is 43.6. The van der Waals surface area contributed by atoms with E-state index in [0.29, 0.717) is 59.7 Å². The highest BCUT2D eigenvalue weighted by Gasteiger charge is 2.46. The number of nitrogens with zero attached hydrogens (tertiary/aromatic N) is 5. The second-order valence-corrected chi connectivity index (χ2v) is 20.6. The number of hydrogen-bond acceptors (Lipinski definition) is 12. The summed E-state index contributed by atoms with van der Waals surface area (Å²) in [5.74, 6) is 4.02. The molecule has 4 amide bonds. The Morgan fingerprint density at radius 2 is 1.42 bits per heavy atom. The maximum Gasteiger partial charge on any atom is 0.407 e. The van der Waals surface area contributed by atoms with Crippen LogP contribution in [0.1, 0.15) is 62.8 Å². The van der Waals surface area contributed by atoms with Gasteiger partial charge in [0.1, 0.15) is 23.7 Å². The van der Waals surface area contributed by atoms with Gasteiger partial charge in [-0.1, -0.05) is 69.3 Å². The number of aromatic nitrogens is 2. The number of carbonyl (C=O) groups is 4. The number of hydrogen-bond donors (Lipinski definition) is 5. The molecule has 2 saturated heterocycles. The summed E-state index contributed by atoms with van der Waals surface area (Å²) in [4.78, 5) is 65.5. The van der Waals surface area contributed by atoms with E-state index in [2.05, 4.69) is 43.2 Å². The number of piperazine rings is 1. The Hall–Kier alpha value is -6.67. The van der Waals surface area contributed by atoms with Gasteiger partial charge < -0.3 is 35.4 Å². The molecule has 2 aromatic carbocycles. The summed E-state index contributed by atoms with van der Waals surface area (Å²) in [6, 6.07) is 13.1. The summed E-state index contributed by atoms with van der Waals surface area (Å²) in [6.07, 6.45) is -3.70. The minimum Gasteiger partial charge on any atom is -0.453 e. The Bertz CT molecular complexity index is 2680. The van der Waals surface area contributed by atoms with Gasteiger partial charge in [0, 0.05) is 88.8 Å². The van der Waals surface area contributed by atoms with Gasteiger partial charge in [-0.15, -0.1) is 0 Å². The molecule has 76 heavy (non-hydrogen) atoms. The summed E-state index contributed by atoms with van der Waals surface area (Å²) in [5.41, 5.74) is 1.79. The molecule has 0 saturated carbocycles. The van der Waals surface area contributed by atoms with Gasteiger partial charge in [-0.2, -0.15) is 13.2 Å². The minimum atomic E-state index is -4.27. The molecular formula is C53H62ClF6N9O7. The lowest BCUT2D eigenvalue weighted by atomic mass is 9.84. The van der Waals surface area contributed by atoms with Crippen LogP contribution in [0, 0.1) is 28.5 Å². The maximum absolute atomic E-state index is 16.2. The lowest BCUT2D eigenvalue weighted by Gasteiger charge is -2.41. The fourth-order valence-electron chi connectivity index (χ4n) is 9.05. The molecule has 2 fully saturated rings. The number of aliphatic hydroxyl groups excluding tert-OH is 1. The average Bonchev–Trinajstić information content (AvgIpc) is 3.59. The largest absolute Gasteiger partial charge is 0.453 e. The molecule has 4 aromatic rings. The van der Waals surface area contributed by atoms with Gasteiger partial charge in [0.25, 0.3) is 5.91 Å². The van der Waals surface area contributed by atoms with E-state index in [9.17, 15) is 46.2 Å². The van der Waals surface area contributed by atoms with E-state index in [4.69, 9.17) is 21.1 Å². The molecule has 23 heteroatoms. The number of carbonyl (C=O) groups excluding carboxylic acids is 4. The van der Waals surface area contributed by atoms with E-state index in [1.165, 1.54) is 46.0 Å². The first-order valence-corrected chi connectivity index (χ1v) is 24.7. The monoisotopic (exact) mass is 1090 g/mol. The van der Waals surface area contributed by atoms with Crippen molar-refractivity contribution in [3.8, 4) is 23.1 Å². The van der Waals surface area contributed by atoms with Crippen LogP contribution < -0.4 is 26.3 Å². The van der Waals surface area contributed by atoms with E-state index < -0.39 is 104 Å². The van der Waals surface area contributed by atoms with Crippen LogP contribution in [-0.4, -0.2) is 145 Å². The SMILES string of the molecule is COC(=O)NC(C(=O)N[C@@H](Cc1ccc(C#Cc2ccc(N3CC4CCC(C3)N4CC(F)(F)F)nc2)cc1)[C@@H](O)CN(Cc1c(F)cc(-c2ccccn2)cc1Cl)NC(=O)[C@@H](NC(=O)OC)C(C)(C)CF)C(C)(C)CF. The molecule has 2 aliphatic heterocycles. The van der Waals surface area contributed by atoms with Crippen molar-refractivity contribution in [1.29, 1.82) is 0 Å². The van der Waals surface area contributed by atoms with Crippen molar-refractivity contribution in [1.82, 2.24) is 41.3 Å². The van der Waals surface area contributed by atoms with Crippen molar-refractivity contribution in [2.24, 2.45) is 10.8 Å². The van der Waals surface area contributed by atoms with Gasteiger partial charge in [0.15, 0.2) is 0 Å². The first kappa shape index (κ1) is 58.6. The van der Waals surface area contributed by atoms with E-state index in [0.717, 1.165) is 19.2 Å². The van der Waals surface area contributed by atoms with Crippen molar-refractivity contribution >= 4 is 41.4 Å². The Balaban J connectivity index is 1.27. The van der Waals surface area contributed by atoms with E-state index in [1.54, 1.807) is 65.7 Å². The molecular weight excluding hydrogens is 1020 g/mol. The fourth-order valence-corrected chi connectivity index (χ4v) is 9.32. The van der Waals surface area contributed by atoms with Gasteiger partial charge in [0.05, 0.1) is 52.0 Å². The number of ether oxygens (including phenoxy) is 2. The molecule has 2 aromatic heterocycles.